The molecular formula is C23H26N4O4. The zero-order valence-corrected chi connectivity index (χ0v) is 18.0. The number of nitrogens with one attached hydrogen (secondary N) is 2. The molecule has 8 heteroatoms. The molecule has 1 aromatic heterocycles. The lowest BCUT2D eigenvalue weighted by Gasteiger charge is -2.13. The summed E-state index contributed by atoms with van der Waals surface area (Å²) in [5.41, 5.74) is 1.99. The number of methoxy groups -OCH3 is 1. The molecule has 3 aromatic rings. The van der Waals surface area contributed by atoms with Crippen LogP contribution in [-0.2, 0) is 16.6 Å². The summed E-state index contributed by atoms with van der Waals surface area (Å²) in [5.74, 6) is -0.729. The molecule has 0 bridgehead atoms. The third kappa shape index (κ3) is 4.59. The second-order valence-electron chi connectivity index (χ2n) is 7.09. The number of rotatable bonds is 7. The standard InChI is InChI=1S/C23H26N4O4/c1-5-19(31-4)22(29)24-17-11-9-10-16(14-17)21(28)25-20-15(2)26(3)27(23(20)30)18-12-7-6-8-13-18/h6-14,19H,5H2,1-4H3,(H,24,29)(H,25,28). The molecule has 2 N–H and O–H groups in total. The zero-order chi connectivity index (χ0) is 22.5. The van der Waals surface area contributed by atoms with Crippen LogP contribution in [0, 0.1) is 6.92 Å². The highest BCUT2D eigenvalue weighted by molar-refractivity contribution is 6.05. The van der Waals surface area contributed by atoms with E-state index in [1.165, 1.54) is 11.8 Å². The van der Waals surface area contributed by atoms with Crippen LogP contribution in [0.3, 0.4) is 0 Å². The van der Waals surface area contributed by atoms with Crippen LogP contribution in [0.5, 0.6) is 0 Å². The van der Waals surface area contributed by atoms with Crippen molar-refractivity contribution in [3.63, 3.8) is 0 Å². The predicted octanol–water partition coefficient (Wildman–Crippen LogP) is 3.10. The molecule has 0 saturated heterocycles. The van der Waals surface area contributed by atoms with Crippen molar-refractivity contribution in [2.75, 3.05) is 17.7 Å². The molecule has 0 aliphatic carbocycles. The zero-order valence-electron chi connectivity index (χ0n) is 18.0. The average Bonchev–Trinajstić information content (AvgIpc) is 2.98. The lowest BCUT2D eigenvalue weighted by atomic mass is 10.1. The number of nitrogens with zero attached hydrogens (tertiary/aromatic N) is 2. The van der Waals surface area contributed by atoms with Gasteiger partial charge in [-0.25, -0.2) is 4.68 Å². The van der Waals surface area contributed by atoms with E-state index >= 15 is 0 Å². The molecule has 3 rings (SSSR count). The third-order valence-electron chi connectivity index (χ3n) is 5.13. The number of carbonyl (C=O) groups is 2. The van der Waals surface area contributed by atoms with E-state index in [1.807, 2.05) is 37.3 Å². The van der Waals surface area contributed by atoms with E-state index in [-0.39, 0.29) is 17.2 Å². The molecule has 0 spiro atoms. The van der Waals surface area contributed by atoms with Crippen molar-refractivity contribution in [3.8, 4) is 5.69 Å². The highest BCUT2D eigenvalue weighted by atomic mass is 16.5. The largest absolute Gasteiger partial charge is 0.372 e. The van der Waals surface area contributed by atoms with E-state index in [1.54, 1.807) is 42.9 Å². The van der Waals surface area contributed by atoms with Gasteiger partial charge in [0.05, 0.1) is 11.4 Å². The lowest BCUT2D eigenvalue weighted by molar-refractivity contribution is -0.125. The highest BCUT2D eigenvalue weighted by Crippen LogP contribution is 2.17. The van der Waals surface area contributed by atoms with E-state index < -0.39 is 12.0 Å². The summed E-state index contributed by atoms with van der Waals surface area (Å²) in [6.45, 7) is 3.62. The van der Waals surface area contributed by atoms with Crippen molar-refractivity contribution in [2.45, 2.75) is 26.4 Å². The fourth-order valence-electron chi connectivity index (χ4n) is 3.32. The van der Waals surface area contributed by atoms with Crippen LogP contribution in [0.25, 0.3) is 5.69 Å². The van der Waals surface area contributed by atoms with Gasteiger partial charge in [0.25, 0.3) is 17.4 Å². The number of carbonyl (C=O) groups excluding carboxylic acids is 2. The van der Waals surface area contributed by atoms with Gasteiger partial charge in [-0.2, -0.15) is 0 Å². The molecule has 0 aliphatic rings. The monoisotopic (exact) mass is 422 g/mol. The van der Waals surface area contributed by atoms with Gasteiger partial charge in [-0.1, -0.05) is 31.2 Å². The Morgan fingerprint density at radius 2 is 1.77 bits per heavy atom. The van der Waals surface area contributed by atoms with E-state index in [0.29, 0.717) is 29.1 Å². The maximum Gasteiger partial charge on any atom is 0.295 e. The summed E-state index contributed by atoms with van der Waals surface area (Å²) in [5, 5.41) is 5.47. The summed E-state index contributed by atoms with van der Waals surface area (Å²) < 4.78 is 8.33. The summed E-state index contributed by atoms with van der Waals surface area (Å²) in [7, 11) is 3.23. The quantitative estimate of drug-likeness (QED) is 0.612. The minimum Gasteiger partial charge on any atom is -0.372 e. The van der Waals surface area contributed by atoms with Crippen LogP contribution in [-0.4, -0.2) is 34.4 Å². The Balaban J connectivity index is 1.85. The van der Waals surface area contributed by atoms with Crippen LogP contribution in [0.15, 0.2) is 59.4 Å². The normalized spacial score (nSPS) is 11.7. The van der Waals surface area contributed by atoms with Crippen molar-refractivity contribution < 1.29 is 14.3 Å². The Hall–Kier alpha value is -3.65. The van der Waals surface area contributed by atoms with Gasteiger partial charge in [0.15, 0.2) is 0 Å². The summed E-state index contributed by atoms with van der Waals surface area (Å²) in [6, 6.07) is 15.7. The van der Waals surface area contributed by atoms with E-state index in [4.69, 9.17) is 4.74 Å². The van der Waals surface area contributed by atoms with E-state index in [0.717, 1.165) is 0 Å². The van der Waals surface area contributed by atoms with E-state index in [9.17, 15) is 14.4 Å². The van der Waals surface area contributed by atoms with Crippen LogP contribution in [0.2, 0.25) is 0 Å². The molecule has 1 unspecified atom stereocenters. The van der Waals surface area contributed by atoms with E-state index in [2.05, 4.69) is 10.6 Å². The number of hydrogen-bond donors (Lipinski definition) is 2. The molecule has 162 valence electrons. The first-order valence-corrected chi connectivity index (χ1v) is 9.96. The maximum atomic E-state index is 13.0. The van der Waals surface area contributed by atoms with Crippen LogP contribution in [0.1, 0.15) is 29.4 Å². The SMILES string of the molecule is CCC(OC)C(=O)Nc1cccc(C(=O)Nc2c(C)n(C)n(-c3ccccc3)c2=O)c1. The Bertz CT molecular complexity index is 1140. The molecule has 0 radical (unpaired) electrons. The smallest absolute Gasteiger partial charge is 0.295 e. The molecule has 0 saturated carbocycles. The summed E-state index contributed by atoms with van der Waals surface area (Å²) in [4.78, 5) is 38.1. The molecule has 31 heavy (non-hydrogen) atoms. The van der Waals surface area contributed by atoms with Crippen LogP contribution < -0.4 is 16.2 Å². The van der Waals surface area contributed by atoms with Gasteiger partial charge in [0, 0.05) is 25.4 Å². The van der Waals surface area contributed by atoms with Crippen molar-refractivity contribution in [3.05, 3.63) is 76.2 Å². The maximum absolute atomic E-state index is 13.0. The molecule has 8 nitrogen and oxygen atoms in total. The first kappa shape index (κ1) is 22.0. The fraction of sp³-hybridized carbons (Fsp3) is 0.261. The van der Waals surface area contributed by atoms with Crippen molar-refractivity contribution in [2.24, 2.45) is 7.05 Å². The van der Waals surface area contributed by atoms with Gasteiger partial charge in [-0.05, 0) is 43.7 Å². The van der Waals surface area contributed by atoms with Gasteiger partial charge in [-0.3, -0.25) is 19.1 Å². The summed E-state index contributed by atoms with van der Waals surface area (Å²) in [6.07, 6.45) is -0.0374. The van der Waals surface area contributed by atoms with Crippen LogP contribution in [0.4, 0.5) is 11.4 Å². The first-order valence-electron chi connectivity index (χ1n) is 9.96. The number of amides is 2. The Kier molecular flexibility index (Phi) is 6.71. The third-order valence-corrected chi connectivity index (χ3v) is 5.13. The minimum absolute atomic E-state index is 0.205. The van der Waals surface area contributed by atoms with Gasteiger partial charge >= 0.3 is 0 Å². The Morgan fingerprint density at radius 3 is 2.42 bits per heavy atom. The number of benzene rings is 2. The minimum atomic E-state index is -0.569. The number of para-hydroxylation sites is 1. The molecular weight excluding hydrogens is 396 g/mol. The highest BCUT2D eigenvalue weighted by Gasteiger charge is 2.20. The second kappa shape index (κ2) is 9.44. The number of anilines is 2. The molecule has 0 aliphatic heterocycles. The van der Waals surface area contributed by atoms with Crippen molar-refractivity contribution in [1.29, 1.82) is 0 Å². The Labute approximate surface area is 180 Å². The Morgan fingerprint density at radius 1 is 1.06 bits per heavy atom. The fourth-order valence-corrected chi connectivity index (χ4v) is 3.32. The molecule has 2 amide bonds. The van der Waals surface area contributed by atoms with Gasteiger partial charge in [0.2, 0.25) is 0 Å². The van der Waals surface area contributed by atoms with Crippen LogP contribution >= 0.6 is 0 Å². The summed E-state index contributed by atoms with van der Waals surface area (Å²) >= 11 is 0. The topological polar surface area (TPSA) is 94.4 Å². The number of ether oxygens (including phenoxy) is 1. The molecule has 0 fully saturated rings. The van der Waals surface area contributed by atoms with Crippen molar-refractivity contribution in [1.82, 2.24) is 9.36 Å². The molecule has 2 aromatic carbocycles. The number of aromatic nitrogens is 2. The predicted molar refractivity (Wildman–Crippen MR) is 120 cm³/mol. The first-order chi connectivity index (χ1) is 14.9. The second-order valence-corrected chi connectivity index (χ2v) is 7.09. The lowest BCUT2D eigenvalue weighted by Crippen LogP contribution is -2.29. The average molecular weight is 422 g/mol. The van der Waals surface area contributed by atoms with Gasteiger partial charge in [0.1, 0.15) is 11.8 Å². The van der Waals surface area contributed by atoms with Gasteiger partial charge < -0.3 is 15.4 Å². The number of hydrogen-bond acceptors (Lipinski definition) is 4. The van der Waals surface area contributed by atoms with Gasteiger partial charge in [-0.15, -0.1) is 0 Å². The molecule has 1 heterocycles. The molecule has 1 atom stereocenters. The van der Waals surface area contributed by atoms with Crippen molar-refractivity contribution >= 4 is 23.2 Å².